The second kappa shape index (κ2) is 5.92. The molecule has 0 radical (unpaired) electrons. The van der Waals surface area contributed by atoms with Crippen molar-refractivity contribution in [2.24, 2.45) is 0 Å². The van der Waals surface area contributed by atoms with Gasteiger partial charge in [0.25, 0.3) is 10.9 Å². The first-order valence-corrected chi connectivity index (χ1v) is 6.14. The van der Waals surface area contributed by atoms with Gasteiger partial charge in [-0.15, -0.1) is 10.1 Å². The Balaban J connectivity index is 2.50. The molecule has 5 atom stereocenters. The van der Waals surface area contributed by atoms with E-state index in [0.29, 0.717) is 0 Å². The number of benzene rings is 1. The second-order valence-corrected chi connectivity index (χ2v) is 4.61. The van der Waals surface area contributed by atoms with Crippen LogP contribution in [0, 0.1) is 10.1 Å². The number of hydrogen-bond acceptors (Lipinski definition) is 8. The highest BCUT2D eigenvalue weighted by Gasteiger charge is 2.57. The Kier molecular flexibility index (Phi) is 4.40. The van der Waals surface area contributed by atoms with Gasteiger partial charge in [0.2, 0.25) is 0 Å². The van der Waals surface area contributed by atoms with Crippen molar-refractivity contribution in [1.82, 2.24) is 0 Å². The number of hydrogen-bond donors (Lipinski definition) is 4. The standard InChI is InChI=1S/C12H15NO8/c14-6-8-9(15)10(16)11(17)12(20-8,21-13(18)19)7-4-2-1-3-5-7/h1-5,8-11,14-17H,6H2/t8-,9-,10+,11-,12+/m1/s1. The molecule has 0 aromatic heterocycles. The van der Waals surface area contributed by atoms with Gasteiger partial charge in [-0.25, -0.2) is 0 Å². The molecule has 0 amide bonds. The maximum atomic E-state index is 10.8. The fourth-order valence-electron chi connectivity index (χ4n) is 2.29. The summed E-state index contributed by atoms with van der Waals surface area (Å²) in [5.74, 6) is -2.34. The lowest BCUT2D eigenvalue weighted by molar-refractivity contribution is -0.808. The van der Waals surface area contributed by atoms with Crippen LogP contribution in [0.2, 0.25) is 0 Å². The van der Waals surface area contributed by atoms with E-state index in [1.807, 2.05) is 0 Å². The van der Waals surface area contributed by atoms with Crippen molar-refractivity contribution >= 4 is 0 Å². The van der Waals surface area contributed by atoms with Crippen LogP contribution in [-0.2, 0) is 15.4 Å². The number of aliphatic hydroxyl groups excluding tert-OH is 4. The highest BCUT2D eigenvalue weighted by molar-refractivity contribution is 5.23. The zero-order valence-corrected chi connectivity index (χ0v) is 10.8. The molecule has 1 saturated heterocycles. The molecule has 9 nitrogen and oxygen atoms in total. The van der Waals surface area contributed by atoms with Crippen LogP contribution in [0.25, 0.3) is 0 Å². The van der Waals surface area contributed by atoms with Crippen molar-refractivity contribution in [3.05, 3.63) is 46.0 Å². The van der Waals surface area contributed by atoms with Crippen molar-refractivity contribution in [3.8, 4) is 0 Å². The van der Waals surface area contributed by atoms with E-state index in [1.54, 1.807) is 6.07 Å². The first-order valence-electron chi connectivity index (χ1n) is 6.14. The second-order valence-electron chi connectivity index (χ2n) is 4.61. The fourth-order valence-corrected chi connectivity index (χ4v) is 2.29. The summed E-state index contributed by atoms with van der Waals surface area (Å²) >= 11 is 0. The highest BCUT2D eigenvalue weighted by atomic mass is 17.0. The van der Waals surface area contributed by atoms with E-state index < -0.39 is 41.9 Å². The van der Waals surface area contributed by atoms with Gasteiger partial charge in [0.15, 0.2) is 0 Å². The Labute approximate surface area is 119 Å². The van der Waals surface area contributed by atoms with Crippen molar-refractivity contribution < 1.29 is 35.1 Å². The molecule has 21 heavy (non-hydrogen) atoms. The van der Waals surface area contributed by atoms with E-state index in [-0.39, 0.29) is 5.56 Å². The SMILES string of the molecule is O=[N+]([O-])O[C@]1(c2ccccc2)O[C@H](CO)[C@@H](O)[C@H](O)[C@H]1O. The average Bonchev–Trinajstić information content (AvgIpc) is 2.48. The van der Waals surface area contributed by atoms with Crippen LogP contribution < -0.4 is 0 Å². The molecule has 4 N–H and O–H groups in total. The molecule has 0 aliphatic carbocycles. The van der Waals surface area contributed by atoms with Crippen LogP contribution in [0.5, 0.6) is 0 Å². The zero-order valence-electron chi connectivity index (χ0n) is 10.8. The van der Waals surface area contributed by atoms with Gasteiger partial charge in [0.05, 0.1) is 6.61 Å². The molecule has 0 spiro atoms. The molecule has 116 valence electrons. The maximum Gasteiger partial charge on any atom is 0.297 e. The van der Waals surface area contributed by atoms with E-state index in [2.05, 4.69) is 4.84 Å². The van der Waals surface area contributed by atoms with E-state index in [9.17, 15) is 30.5 Å². The van der Waals surface area contributed by atoms with Gasteiger partial charge >= 0.3 is 0 Å². The monoisotopic (exact) mass is 301 g/mol. The van der Waals surface area contributed by atoms with Crippen molar-refractivity contribution in [2.75, 3.05) is 6.61 Å². The van der Waals surface area contributed by atoms with Crippen LogP contribution in [0.3, 0.4) is 0 Å². The highest BCUT2D eigenvalue weighted by Crippen LogP contribution is 2.39. The lowest BCUT2D eigenvalue weighted by Crippen LogP contribution is -2.64. The molecule has 1 aromatic carbocycles. The Morgan fingerprint density at radius 2 is 1.86 bits per heavy atom. The van der Waals surface area contributed by atoms with Crippen molar-refractivity contribution in [1.29, 1.82) is 0 Å². The molecular formula is C12H15NO8. The van der Waals surface area contributed by atoms with Crippen LogP contribution in [0.4, 0.5) is 0 Å². The molecule has 9 heteroatoms. The Morgan fingerprint density at radius 1 is 1.24 bits per heavy atom. The molecule has 0 bridgehead atoms. The van der Waals surface area contributed by atoms with E-state index in [0.717, 1.165) is 0 Å². The van der Waals surface area contributed by atoms with Gasteiger partial charge in [0.1, 0.15) is 24.4 Å². The predicted octanol–water partition coefficient (Wildman–Crippen LogP) is -1.48. The van der Waals surface area contributed by atoms with Crippen LogP contribution in [-0.4, -0.2) is 56.5 Å². The summed E-state index contributed by atoms with van der Waals surface area (Å²) in [4.78, 5) is 15.3. The molecule has 1 heterocycles. The van der Waals surface area contributed by atoms with Gasteiger partial charge in [-0.2, -0.15) is 0 Å². The summed E-state index contributed by atoms with van der Waals surface area (Å²) < 4.78 is 5.24. The largest absolute Gasteiger partial charge is 0.394 e. The summed E-state index contributed by atoms with van der Waals surface area (Å²) in [5.41, 5.74) is 0.0681. The molecule has 0 saturated carbocycles. The van der Waals surface area contributed by atoms with Crippen molar-refractivity contribution in [2.45, 2.75) is 30.2 Å². The third-order valence-electron chi connectivity index (χ3n) is 3.34. The molecule has 1 aromatic rings. The molecule has 1 fully saturated rings. The van der Waals surface area contributed by atoms with Gasteiger partial charge < -0.3 is 25.2 Å². The van der Waals surface area contributed by atoms with E-state index in [4.69, 9.17) is 4.74 Å². The third kappa shape index (κ3) is 2.69. The number of ether oxygens (including phenoxy) is 1. The minimum Gasteiger partial charge on any atom is -0.394 e. The lowest BCUT2D eigenvalue weighted by Gasteiger charge is -2.46. The van der Waals surface area contributed by atoms with E-state index >= 15 is 0 Å². The maximum absolute atomic E-state index is 10.8. The molecule has 1 aliphatic rings. The zero-order chi connectivity index (χ0) is 15.6. The minimum atomic E-state index is -2.34. The van der Waals surface area contributed by atoms with Gasteiger partial charge in [-0.05, 0) is 0 Å². The topological polar surface area (TPSA) is 143 Å². The summed E-state index contributed by atoms with van der Waals surface area (Å²) in [6.07, 6.45) is -6.69. The predicted molar refractivity (Wildman–Crippen MR) is 66.2 cm³/mol. The van der Waals surface area contributed by atoms with Gasteiger partial charge in [-0.1, -0.05) is 30.3 Å². The van der Waals surface area contributed by atoms with Gasteiger partial charge in [0, 0.05) is 5.56 Å². The molecule has 1 aliphatic heterocycles. The Hall–Kier alpha value is -1.78. The summed E-state index contributed by atoms with van der Waals surface area (Å²) in [6.45, 7) is -0.722. The normalized spacial score (nSPS) is 36.2. The van der Waals surface area contributed by atoms with E-state index in [1.165, 1.54) is 24.3 Å². The van der Waals surface area contributed by atoms with Crippen molar-refractivity contribution in [3.63, 3.8) is 0 Å². The van der Waals surface area contributed by atoms with Gasteiger partial charge in [-0.3, -0.25) is 4.84 Å². The van der Waals surface area contributed by atoms with Crippen LogP contribution in [0.15, 0.2) is 30.3 Å². The van der Waals surface area contributed by atoms with Crippen LogP contribution in [0.1, 0.15) is 5.56 Å². The molecule has 0 unspecified atom stereocenters. The molecule has 2 rings (SSSR count). The average molecular weight is 301 g/mol. The quantitative estimate of drug-likeness (QED) is 0.389. The summed E-state index contributed by atoms with van der Waals surface area (Å²) in [5, 5.41) is 48.5. The summed E-state index contributed by atoms with van der Waals surface area (Å²) in [7, 11) is 0. The fraction of sp³-hybridized carbons (Fsp3) is 0.500. The Bertz CT molecular complexity index is 495. The number of aliphatic hydroxyl groups is 4. The smallest absolute Gasteiger partial charge is 0.297 e. The third-order valence-corrected chi connectivity index (χ3v) is 3.34. The minimum absolute atomic E-state index is 0.0681. The first-order chi connectivity index (χ1) is 9.92. The Morgan fingerprint density at radius 3 is 2.38 bits per heavy atom. The first kappa shape index (κ1) is 15.6. The number of nitrogens with zero attached hydrogens (tertiary/aromatic N) is 1. The lowest BCUT2D eigenvalue weighted by atomic mass is 9.88. The number of rotatable bonds is 4. The molecular weight excluding hydrogens is 286 g/mol. The van der Waals surface area contributed by atoms with Crippen LogP contribution >= 0.6 is 0 Å². The summed E-state index contributed by atoms with van der Waals surface area (Å²) in [6, 6.07) is 7.48.